The van der Waals surface area contributed by atoms with Gasteiger partial charge in [-0.1, -0.05) is 43.3 Å². The lowest BCUT2D eigenvalue weighted by molar-refractivity contribution is 1.03. The van der Waals surface area contributed by atoms with Gasteiger partial charge in [0.15, 0.2) is 0 Å². The fourth-order valence-electron chi connectivity index (χ4n) is 1.51. The third-order valence-electron chi connectivity index (χ3n) is 2.16. The molecule has 66 valence electrons. The molecule has 0 fully saturated rings. The van der Waals surface area contributed by atoms with Crippen LogP contribution >= 0.6 is 0 Å². The Labute approximate surface area is 78.8 Å². The third-order valence-corrected chi connectivity index (χ3v) is 2.16. The van der Waals surface area contributed by atoms with E-state index in [1.165, 1.54) is 11.3 Å². The van der Waals surface area contributed by atoms with Gasteiger partial charge in [-0.15, -0.1) is 0 Å². The molecule has 1 aromatic rings. The number of hydrogen-bond donors (Lipinski definition) is 0. The summed E-state index contributed by atoms with van der Waals surface area (Å²) in [6.07, 6.45) is 5.17. The Kier molecular flexibility index (Phi) is 2.26. The average Bonchev–Trinajstić information content (AvgIpc) is 2.53. The molecule has 0 bridgehead atoms. The topological polar surface area (TPSA) is 12.4 Å². The maximum absolute atomic E-state index is 4.35. The highest BCUT2D eigenvalue weighted by Crippen LogP contribution is 2.15. The summed E-state index contributed by atoms with van der Waals surface area (Å²) in [6.45, 7) is 2.15. The highest BCUT2D eigenvalue weighted by molar-refractivity contribution is 5.67. The molecule has 0 aromatic heterocycles. The lowest BCUT2D eigenvalue weighted by Gasteiger charge is -1.98. The van der Waals surface area contributed by atoms with Crippen molar-refractivity contribution < 1.29 is 0 Å². The molecule has 1 nitrogen and oxygen atoms in total. The van der Waals surface area contributed by atoms with Gasteiger partial charge in [-0.2, -0.15) is 0 Å². The van der Waals surface area contributed by atoms with E-state index in [1.807, 2.05) is 12.3 Å². The van der Waals surface area contributed by atoms with Crippen molar-refractivity contribution in [3.63, 3.8) is 0 Å². The Bertz CT molecular complexity index is 335. The van der Waals surface area contributed by atoms with E-state index in [1.54, 1.807) is 0 Å². The van der Waals surface area contributed by atoms with Crippen LogP contribution in [0, 0.1) is 5.92 Å². The Morgan fingerprint density at radius 3 is 2.62 bits per heavy atom. The van der Waals surface area contributed by atoms with Gasteiger partial charge < -0.3 is 0 Å². The highest BCUT2D eigenvalue weighted by Gasteiger charge is 2.05. The van der Waals surface area contributed by atoms with E-state index >= 15 is 0 Å². The quantitative estimate of drug-likeness (QED) is 0.648. The van der Waals surface area contributed by atoms with Crippen LogP contribution in [0.15, 0.2) is 47.1 Å². The predicted octanol–water partition coefficient (Wildman–Crippen LogP) is 2.83. The molecule has 1 heterocycles. The van der Waals surface area contributed by atoms with Gasteiger partial charge in [0, 0.05) is 24.3 Å². The average molecular weight is 171 g/mol. The fraction of sp³-hybridized carbons (Fsp3) is 0.250. The number of nitrogens with zero attached hydrogens (tertiary/aromatic N) is 1. The Morgan fingerprint density at radius 2 is 2.00 bits per heavy atom. The molecule has 13 heavy (non-hydrogen) atoms. The summed E-state index contributed by atoms with van der Waals surface area (Å²) < 4.78 is 0. The Morgan fingerprint density at radius 1 is 1.23 bits per heavy atom. The van der Waals surface area contributed by atoms with Crippen LogP contribution < -0.4 is 0 Å². The van der Waals surface area contributed by atoms with Gasteiger partial charge in [-0.3, -0.25) is 4.99 Å². The van der Waals surface area contributed by atoms with Gasteiger partial charge in [-0.05, 0) is 5.56 Å². The molecular weight excluding hydrogens is 158 g/mol. The monoisotopic (exact) mass is 171 g/mol. The largest absolute Gasteiger partial charge is 0.265 e. The first-order valence-electron chi connectivity index (χ1n) is 4.63. The molecule has 1 aromatic carbocycles. The SMILES string of the molecule is CC1C=NC(Cc2ccccc2)=C1. The normalized spacial score (nSPS) is 20.4. The Hall–Kier alpha value is -1.37. The summed E-state index contributed by atoms with van der Waals surface area (Å²) in [6, 6.07) is 10.5. The van der Waals surface area contributed by atoms with Crippen LogP contribution in [0.1, 0.15) is 12.5 Å². The summed E-state index contributed by atoms with van der Waals surface area (Å²) in [5, 5.41) is 0. The van der Waals surface area contributed by atoms with Crippen molar-refractivity contribution >= 4 is 6.21 Å². The second kappa shape index (κ2) is 3.56. The molecule has 0 amide bonds. The minimum atomic E-state index is 0.513. The van der Waals surface area contributed by atoms with Crippen molar-refractivity contribution in [2.24, 2.45) is 10.9 Å². The van der Waals surface area contributed by atoms with E-state index < -0.39 is 0 Å². The lowest BCUT2D eigenvalue weighted by Crippen LogP contribution is -1.85. The van der Waals surface area contributed by atoms with Gasteiger partial charge in [-0.25, -0.2) is 0 Å². The van der Waals surface area contributed by atoms with Crippen molar-refractivity contribution in [3.05, 3.63) is 47.7 Å². The second-order valence-electron chi connectivity index (χ2n) is 3.46. The fourth-order valence-corrected chi connectivity index (χ4v) is 1.51. The third kappa shape index (κ3) is 2.05. The highest BCUT2D eigenvalue weighted by atomic mass is 14.8. The van der Waals surface area contributed by atoms with Gasteiger partial charge in [0.25, 0.3) is 0 Å². The smallest absolute Gasteiger partial charge is 0.0410 e. The van der Waals surface area contributed by atoms with Crippen molar-refractivity contribution in [1.82, 2.24) is 0 Å². The number of hydrogen-bond acceptors (Lipinski definition) is 1. The second-order valence-corrected chi connectivity index (χ2v) is 3.46. The van der Waals surface area contributed by atoms with E-state index in [9.17, 15) is 0 Å². The van der Waals surface area contributed by atoms with E-state index in [2.05, 4.69) is 42.3 Å². The zero-order chi connectivity index (χ0) is 9.10. The summed E-state index contributed by atoms with van der Waals surface area (Å²) >= 11 is 0. The summed E-state index contributed by atoms with van der Waals surface area (Å²) in [4.78, 5) is 4.35. The van der Waals surface area contributed by atoms with E-state index in [-0.39, 0.29) is 0 Å². The molecule has 1 heteroatoms. The zero-order valence-corrected chi connectivity index (χ0v) is 7.77. The maximum atomic E-state index is 4.35. The first-order valence-corrected chi connectivity index (χ1v) is 4.63. The van der Waals surface area contributed by atoms with Gasteiger partial charge in [0.05, 0.1) is 0 Å². The zero-order valence-electron chi connectivity index (χ0n) is 7.77. The lowest BCUT2D eigenvalue weighted by atomic mass is 10.1. The van der Waals surface area contributed by atoms with Crippen molar-refractivity contribution in [2.75, 3.05) is 0 Å². The maximum Gasteiger partial charge on any atom is 0.0410 e. The van der Waals surface area contributed by atoms with Gasteiger partial charge in [0.1, 0.15) is 0 Å². The summed E-state index contributed by atoms with van der Waals surface area (Å²) in [5.74, 6) is 0.513. The van der Waals surface area contributed by atoms with E-state index in [4.69, 9.17) is 0 Å². The predicted molar refractivity (Wildman–Crippen MR) is 55.9 cm³/mol. The summed E-state index contributed by atoms with van der Waals surface area (Å²) in [5.41, 5.74) is 2.53. The first-order chi connectivity index (χ1) is 6.34. The van der Waals surface area contributed by atoms with Crippen LogP contribution in [-0.2, 0) is 6.42 Å². The molecule has 1 unspecified atom stereocenters. The molecule has 0 saturated carbocycles. The van der Waals surface area contributed by atoms with Gasteiger partial charge in [0.2, 0.25) is 0 Å². The van der Waals surface area contributed by atoms with Crippen molar-refractivity contribution in [2.45, 2.75) is 13.3 Å². The van der Waals surface area contributed by atoms with Crippen molar-refractivity contribution in [3.8, 4) is 0 Å². The van der Waals surface area contributed by atoms with Crippen LogP contribution in [0.4, 0.5) is 0 Å². The number of allylic oxidation sites excluding steroid dienone is 2. The number of rotatable bonds is 2. The van der Waals surface area contributed by atoms with Crippen LogP contribution in [0.25, 0.3) is 0 Å². The molecule has 1 aliphatic heterocycles. The molecular formula is C12H13N. The van der Waals surface area contributed by atoms with Gasteiger partial charge >= 0.3 is 0 Å². The van der Waals surface area contributed by atoms with Crippen molar-refractivity contribution in [1.29, 1.82) is 0 Å². The van der Waals surface area contributed by atoms with Crippen LogP contribution in [-0.4, -0.2) is 6.21 Å². The summed E-state index contributed by atoms with van der Waals surface area (Å²) in [7, 11) is 0. The van der Waals surface area contributed by atoms with Crippen LogP contribution in [0.3, 0.4) is 0 Å². The minimum Gasteiger partial charge on any atom is -0.265 e. The molecule has 0 N–H and O–H groups in total. The van der Waals surface area contributed by atoms with E-state index in [0.29, 0.717) is 5.92 Å². The standard InChI is InChI=1S/C12H13N/c1-10-7-12(13-9-10)8-11-5-3-2-4-6-11/h2-7,9-10H,8H2,1H3. The molecule has 0 radical (unpaired) electrons. The van der Waals surface area contributed by atoms with Crippen LogP contribution in [0.2, 0.25) is 0 Å². The molecule has 1 aliphatic rings. The number of aliphatic imine (C=N–C) groups is 1. The number of benzene rings is 1. The molecule has 1 atom stereocenters. The first kappa shape index (κ1) is 8.24. The van der Waals surface area contributed by atoms with Crippen LogP contribution in [0.5, 0.6) is 0 Å². The molecule has 0 saturated heterocycles. The molecule has 2 rings (SSSR count). The minimum absolute atomic E-state index is 0.513. The Balaban J connectivity index is 2.08. The molecule has 0 aliphatic carbocycles. The van der Waals surface area contributed by atoms with E-state index in [0.717, 1.165) is 6.42 Å². The molecule has 0 spiro atoms.